The van der Waals surface area contributed by atoms with Crippen LogP contribution in [0.3, 0.4) is 0 Å². The van der Waals surface area contributed by atoms with Gasteiger partial charge in [-0.3, -0.25) is 15.0 Å². The number of aliphatic imine (C=N–C) groups is 1. The van der Waals surface area contributed by atoms with Crippen LogP contribution in [0.25, 0.3) is 0 Å². The molecule has 1 atom stereocenters. The van der Waals surface area contributed by atoms with Gasteiger partial charge in [0.25, 0.3) is 5.69 Å². The number of morpholine rings is 1. The predicted molar refractivity (Wildman–Crippen MR) is 118 cm³/mol. The predicted octanol–water partition coefficient (Wildman–Crippen LogP) is 2.38. The molecule has 8 nitrogen and oxygen atoms in total. The first-order valence-electron chi connectivity index (χ1n) is 9.17. The molecule has 0 saturated carbocycles. The zero-order valence-electron chi connectivity index (χ0n) is 16.0. The minimum atomic E-state index is -0.393. The highest BCUT2D eigenvalue weighted by Gasteiger charge is 2.17. The van der Waals surface area contributed by atoms with Gasteiger partial charge in [-0.15, -0.1) is 24.0 Å². The lowest BCUT2D eigenvalue weighted by molar-refractivity contribution is -0.384. The molecule has 1 unspecified atom stereocenters. The SMILES string of the molecule is CCCNC(=NCc1ccc([N+](=O)[O-])cc1)NCC(C)N1CCOCC1.I. The van der Waals surface area contributed by atoms with E-state index in [9.17, 15) is 10.1 Å². The second-order valence-electron chi connectivity index (χ2n) is 6.39. The van der Waals surface area contributed by atoms with Gasteiger partial charge in [0.2, 0.25) is 0 Å². The molecule has 27 heavy (non-hydrogen) atoms. The van der Waals surface area contributed by atoms with E-state index < -0.39 is 4.92 Å². The van der Waals surface area contributed by atoms with Gasteiger partial charge in [0.15, 0.2) is 5.96 Å². The van der Waals surface area contributed by atoms with Crippen LogP contribution < -0.4 is 10.6 Å². The average Bonchev–Trinajstić information content (AvgIpc) is 2.68. The largest absolute Gasteiger partial charge is 0.379 e. The minimum Gasteiger partial charge on any atom is -0.379 e. The van der Waals surface area contributed by atoms with E-state index in [-0.39, 0.29) is 29.7 Å². The first-order valence-corrected chi connectivity index (χ1v) is 9.17. The number of non-ortho nitro benzene ring substituents is 1. The molecule has 152 valence electrons. The normalized spacial score (nSPS) is 16.3. The Morgan fingerprint density at radius 1 is 1.30 bits per heavy atom. The van der Waals surface area contributed by atoms with Crippen LogP contribution in [0.1, 0.15) is 25.8 Å². The molecule has 0 radical (unpaired) electrons. The molecule has 1 aromatic carbocycles. The van der Waals surface area contributed by atoms with Crippen molar-refractivity contribution in [2.24, 2.45) is 4.99 Å². The fourth-order valence-corrected chi connectivity index (χ4v) is 2.70. The third-order valence-corrected chi connectivity index (χ3v) is 4.34. The van der Waals surface area contributed by atoms with E-state index in [2.05, 4.69) is 34.4 Å². The van der Waals surface area contributed by atoms with E-state index in [1.54, 1.807) is 12.1 Å². The number of halogens is 1. The van der Waals surface area contributed by atoms with Crippen LogP contribution in [-0.2, 0) is 11.3 Å². The van der Waals surface area contributed by atoms with Gasteiger partial charge < -0.3 is 15.4 Å². The highest BCUT2D eigenvalue weighted by molar-refractivity contribution is 14.0. The molecule has 1 aromatic rings. The highest BCUT2D eigenvalue weighted by atomic mass is 127. The smallest absolute Gasteiger partial charge is 0.269 e. The monoisotopic (exact) mass is 491 g/mol. The van der Waals surface area contributed by atoms with Crippen LogP contribution in [0.2, 0.25) is 0 Å². The summed E-state index contributed by atoms with van der Waals surface area (Å²) in [5.74, 6) is 0.769. The second-order valence-corrected chi connectivity index (χ2v) is 6.39. The number of nitro groups is 1. The first-order chi connectivity index (χ1) is 12.6. The van der Waals surface area contributed by atoms with Crippen LogP contribution in [0.5, 0.6) is 0 Å². The fourth-order valence-electron chi connectivity index (χ4n) is 2.70. The number of benzene rings is 1. The summed E-state index contributed by atoms with van der Waals surface area (Å²) in [7, 11) is 0. The Morgan fingerprint density at radius 3 is 2.56 bits per heavy atom. The van der Waals surface area contributed by atoms with E-state index in [1.807, 2.05) is 0 Å². The maximum atomic E-state index is 10.7. The summed E-state index contributed by atoms with van der Waals surface area (Å²) in [5.41, 5.74) is 1.04. The molecule has 1 fully saturated rings. The van der Waals surface area contributed by atoms with Gasteiger partial charge in [0.05, 0.1) is 24.7 Å². The standard InChI is InChI=1S/C18H29N5O3.HI/c1-3-8-19-18(20-13-15(2)22-9-11-26-12-10-22)21-14-16-4-6-17(7-5-16)23(24)25;/h4-7,15H,3,8-14H2,1-2H3,(H2,19,20,21);1H. The second kappa shape index (κ2) is 12.8. The van der Waals surface area contributed by atoms with E-state index in [0.717, 1.165) is 57.3 Å². The Hall–Kier alpha value is -1.46. The zero-order valence-corrected chi connectivity index (χ0v) is 18.3. The van der Waals surface area contributed by atoms with Gasteiger partial charge >= 0.3 is 0 Å². The number of hydrogen-bond donors (Lipinski definition) is 2. The molecule has 0 amide bonds. The number of nitrogens with one attached hydrogen (secondary N) is 2. The quantitative estimate of drug-likeness (QED) is 0.191. The van der Waals surface area contributed by atoms with E-state index in [1.165, 1.54) is 12.1 Å². The molecule has 0 aromatic heterocycles. The van der Waals surface area contributed by atoms with Gasteiger partial charge in [-0.2, -0.15) is 0 Å². The van der Waals surface area contributed by atoms with Crippen LogP contribution in [0.15, 0.2) is 29.3 Å². The molecule has 1 aliphatic heterocycles. The maximum absolute atomic E-state index is 10.7. The number of guanidine groups is 1. The highest BCUT2D eigenvalue weighted by Crippen LogP contribution is 2.12. The Labute approximate surface area is 177 Å². The van der Waals surface area contributed by atoms with Crippen molar-refractivity contribution in [3.05, 3.63) is 39.9 Å². The van der Waals surface area contributed by atoms with E-state index >= 15 is 0 Å². The lowest BCUT2D eigenvalue weighted by Crippen LogP contribution is -2.49. The molecule has 0 bridgehead atoms. The van der Waals surface area contributed by atoms with Gasteiger partial charge in [-0.25, -0.2) is 4.99 Å². The van der Waals surface area contributed by atoms with Crippen LogP contribution in [0.4, 0.5) is 5.69 Å². The molecular weight excluding hydrogens is 461 g/mol. The van der Waals surface area contributed by atoms with Crippen LogP contribution in [-0.4, -0.2) is 61.2 Å². The van der Waals surface area contributed by atoms with Crippen LogP contribution >= 0.6 is 24.0 Å². The van der Waals surface area contributed by atoms with Crippen molar-refractivity contribution in [3.63, 3.8) is 0 Å². The summed E-state index contributed by atoms with van der Waals surface area (Å²) in [5, 5.41) is 17.4. The van der Waals surface area contributed by atoms with Crippen molar-refractivity contribution >= 4 is 35.6 Å². The zero-order chi connectivity index (χ0) is 18.8. The molecule has 2 rings (SSSR count). The van der Waals surface area contributed by atoms with Crippen molar-refractivity contribution in [2.45, 2.75) is 32.9 Å². The number of nitrogens with zero attached hydrogens (tertiary/aromatic N) is 3. The molecule has 2 N–H and O–H groups in total. The molecular formula is C18H30IN5O3. The van der Waals surface area contributed by atoms with Crippen molar-refractivity contribution in [3.8, 4) is 0 Å². The maximum Gasteiger partial charge on any atom is 0.269 e. The van der Waals surface area contributed by atoms with Crippen molar-refractivity contribution < 1.29 is 9.66 Å². The van der Waals surface area contributed by atoms with Crippen LogP contribution in [0, 0.1) is 10.1 Å². The van der Waals surface area contributed by atoms with Gasteiger partial charge in [-0.1, -0.05) is 19.1 Å². The van der Waals surface area contributed by atoms with Gasteiger partial charge in [0.1, 0.15) is 0 Å². The molecule has 0 aliphatic carbocycles. The first kappa shape index (κ1) is 23.6. The Morgan fingerprint density at radius 2 is 1.96 bits per heavy atom. The minimum absolute atomic E-state index is 0. The summed E-state index contributed by atoms with van der Waals surface area (Å²) < 4.78 is 5.40. The fraction of sp³-hybridized carbons (Fsp3) is 0.611. The molecule has 9 heteroatoms. The lowest BCUT2D eigenvalue weighted by atomic mass is 10.2. The summed E-state index contributed by atoms with van der Waals surface area (Å²) in [6, 6.07) is 6.91. The molecule has 1 saturated heterocycles. The Kier molecular flexibility index (Phi) is 11.2. The van der Waals surface area contributed by atoms with Gasteiger partial charge in [-0.05, 0) is 18.9 Å². The Balaban J connectivity index is 0.00000364. The third kappa shape index (κ3) is 8.39. The van der Waals surface area contributed by atoms with Crippen molar-refractivity contribution in [1.82, 2.24) is 15.5 Å². The van der Waals surface area contributed by atoms with Crippen molar-refractivity contribution in [2.75, 3.05) is 39.4 Å². The van der Waals surface area contributed by atoms with Gasteiger partial charge in [0, 0.05) is 44.4 Å². The summed E-state index contributed by atoms with van der Waals surface area (Å²) in [4.78, 5) is 17.3. The summed E-state index contributed by atoms with van der Waals surface area (Å²) in [6.45, 7) is 9.93. The number of ether oxygens (including phenoxy) is 1. The number of hydrogen-bond acceptors (Lipinski definition) is 5. The molecule has 1 heterocycles. The van der Waals surface area contributed by atoms with Crippen molar-refractivity contribution in [1.29, 1.82) is 0 Å². The molecule has 0 spiro atoms. The summed E-state index contributed by atoms with van der Waals surface area (Å²) >= 11 is 0. The number of nitro benzene ring substituents is 1. The Bertz CT molecular complexity index is 591. The average molecular weight is 491 g/mol. The van der Waals surface area contributed by atoms with E-state index in [4.69, 9.17) is 4.74 Å². The third-order valence-electron chi connectivity index (χ3n) is 4.34. The van der Waals surface area contributed by atoms with E-state index in [0.29, 0.717) is 12.6 Å². The molecule has 1 aliphatic rings. The summed E-state index contributed by atoms with van der Waals surface area (Å²) in [6.07, 6.45) is 1.01. The number of rotatable bonds is 8. The lowest BCUT2D eigenvalue weighted by Gasteiger charge is -2.32. The topological polar surface area (TPSA) is 92.0 Å².